The van der Waals surface area contributed by atoms with Gasteiger partial charge >= 0.3 is 20.1 Å². The Kier molecular flexibility index (Phi) is 5.54. The van der Waals surface area contributed by atoms with Crippen molar-refractivity contribution in [2.75, 3.05) is 5.90 Å². The summed E-state index contributed by atoms with van der Waals surface area (Å²) in [6.45, 7) is 0. The molecule has 10 heavy (non-hydrogen) atoms. The van der Waals surface area contributed by atoms with E-state index in [1.165, 1.54) is 0 Å². The van der Waals surface area contributed by atoms with Crippen LogP contribution in [0, 0.1) is 0 Å². The standard InChI is InChI=1S/CH6O6P2.Tc/c2-8(3,4)1-9(5,6)7;/h1H2,(H2,2,3,4)(H2,5,6,7);/q;+4/p-4/i;1+1. The third-order valence-corrected chi connectivity index (χ3v) is 3.12. The average Bonchev–Trinajstić information content (AvgIpc) is 1.14. The molecule has 0 aliphatic heterocycles. The molecule has 0 aliphatic rings. The van der Waals surface area contributed by atoms with Crippen LogP contribution in [0.1, 0.15) is 0 Å². The summed E-state index contributed by atoms with van der Waals surface area (Å²) in [6, 6.07) is 0. The molecule has 6 nitrogen and oxygen atoms in total. The summed E-state index contributed by atoms with van der Waals surface area (Å²) < 4.78 is 19.1. The summed E-state index contributed by atoms with van der Waals surface area (Å²) in [5.41, 5.74) is 0. The van der Waals surface area contributed by atoms with E-state index in [9.17, 15) is 28.7 Å². The van der Waals surface area contributed by atoms with E-state index < -0.39 is 21.1 Å². The van der Waals surface area contributed by atoms with Gasteiger partial charge in [-0.05, 0) is 0 Å². The Morgan fingerprint density at radius 2 is 1.10 bits per heavy atom. The van der Waals surface area contributed by atoms with E-state index in [2.05, 4.69) is 0 Å². The van der Waals surface area contributed by atoms with Gasteiger partial charge in [0.1, 0.15) is 0 Å². The predicted molar refractivity (Wildman–Crippen MR) is 20.1 cm³/mol. The van der Waals surface area contributed by atoms with Crippen LogP contribution >= 0.6 is 15.2 Å². The quantitative estimate of drug-likeness (QED) is 0.486. The molecule has 0 saturated carbocycles. The fourth-order valence-corrected chi connectivity index (χ4v) is 1.91. The van der Waals surface area contributed by atoms with Crippen molar-refractivity contribution >= 4 is 15.2 Å². The Bertz CT molecular complexity index is 156. The maximum Gasteiger partial charge on any atom is 4.00 e. The van der Waals surface area contributed by atoms with Gasteiger partial charge in [-0.1, -0.05) is 15.2 Å². The Labute approximate surface area is 70.3 Å². The van der Waals surface area contributed by atoms with Gasteiger partial charge in [-0.3, -0.25) is 0 Å². The van der Waals surface area contributed by atoms with Crippen LogP contribution in [-0.4, -0.2) is 5.90 Å². The second-order valence-electron chi connectivity index (χ2n) is 1.36. The van der Waals surface area contributed by atoms with Gasteiger partial charge in [-0.2, -0.15) is 0 Å². The second-order valence-corrected chi connectivity index (χ2v) is 4.94. The van der Waals surface area contributed by atoms with Gasteiger partial charge in [0.15, 0.2) is 0 Å². The molecule has 0 heterocycles. The zero-order chi connectivity index (χ0) is 7.71. The third-order valence-electron chi connectivity index (χ3n) is 0.346. The van der Waals surface area contributed by atoms with Crippen molar-refractivity contribution in [1.82, 2.24) is 0 Å². The maximum atomic E-state index is 9.55. The molecular weight excluding hydrogens is 269 g/mol. The molecule has 0 unspecified atom stereocenters. The summed E-state index contributed by atoms with van der Waals surface area (Å²) in [5.74, 6) is -1.82. The number of hydrogen-bond donors (Lipinski definition) is 0. The van der Waals surface area contributed by atoms with Crippen LogP contribution in [0.3, 0.4) is 0 Å². The smallest absolute Gasteiger partial charge is 0.810 e. The molecular formula is CH2O6P2Tc. The Balaban J connectivity index is 0. The first-order chi connectivity index (χ1) is 3.71. The molecule has 0 aromatic heterocycles. The molecule has 0 aromatic rings. The van der Waals surface area contributed by atoms with Crippen molar-refractivity contribution < 1.29 is 48.8 Å². The van der Waals surface area contributed by atoms with Gasteiger partial charge < -0.3 is 28.7 Å². The van der Waals surface area contributed by atoms with E-state index in [0.29, 0.717) is 0 Å². The third kappa shape index (κ3) is 11.7. The minimum atomic E-state index is -5.18. The van der Waals surface area contributed by atoms with Gasteiger partial charge in [-0.25, -0.2) is 0 Å². The summed E-state index contributed by atoms with van der Waals surface area (Å²) in [5, 5.41) is 0. The molecule has 0 bridgehead atoms. The van der Waals surface area contributed by atoms with Gasteiger partial charge in [0.2, 0.25) is 0 Å². The summed E-state index contributed by atoms with van der Waals surface area (Å²) >= 11 is 0. The first kappa shape index (κ1) is 13.5. The van der Waals surface area contributed by atoms with Crippen molar-refractivity contribution in [3.63, 3.8) is 0 Å². The first-order valence-electron chi connectivity index (χ1n) is 1.73. The van der Waals surface area contributed by atoms with E-state index in [1.54, 1.807) is 0 Å². The van der Waals surface area contributed by atoms with Crippen LogP contribution in [0.2, 0.25) is 0 Å². The van der Waals surface area contributed by atoms with Gasteiger partial charge in [0, 0.05) is 5.90 Å². The normalized spacial score (nSPS) is 12.4. The zero-order valence-corrected chi connectivity index (χ0v) is 8.08. The van der Waals surface area contributed by atoms with Crippen molar-refractivity contribution in [3.8, 4) is 0 Å². The fraction of sp³-hybridized carbons (Fsp3) is 1.00. The Morgan fingerprint density at radius 1 is 0.900 bits per heavy atom. The fourth-order valence-electron chi connectivity index (χ4n) is 0.212. The van der Waals surface area contributed by atoms with Crippen molar-refractivity contribution in [1.29, 1.82) is 0 Å². The Morgan fingerprint density at radius 3 is 1.10 bits per heavy atom. The van der Waals surface area contributed by atoms with Crippen LogP contribution in [0.15, 0.2) is 0 Å². The van der Waals surface area contributed by atoms with Crippen LogP contribution in [0.4, 0.5) is 0 Å². The van der Waals surface area contributed by atoms with E-state index >= 15 is 0 Å². The average molecular weight is 271 g/mol. The number of hydrogen-bond acceptors (Lipinski definition) is 6. The van der Waals surface area contributed by atoms with Gasteiger partial charge in [-0.15, -0.1) is 0 Å². The molecule has 0 fully saturated rings. The summed E-state index contributed by atoms with van der Waals surface area (Å²) in [4.78, 5) is 38.2. The van der Waals surface area contributed by atoms with E-state index in [0.717, 1.165) is 0 Å². The van der Waals surface area contributed by atoms with Crippen molar-refractivity contribution in [3.05, 3.63) is 0 Å². The van der Waals surface area contributed by atoms with E-state index in [-0.39, 0.29) is 20.1 Å². The van der Waals surface area contributed by atoms with Crippen molar-refractivity contribution in [2.45, 2.75) is 0 Å². The predicted octanol–water partition coefficient (Wildman–Crippen LogP) is -3.23. The van der Waals surface area contributed by atoms with Crippen molar-refractivity contribution in [2.24, 2.45) is 0 Å². The maximum absolute atomic E-state index is 9.55. The molecule has 0 aromatic carbocycles. The summed E-state index contributed by atoms with van der Waals surface area (Å²) in [6.07, 6.45) is 0. The minimum absolute atomic E-state index is 0. The molecule has 0 saturated heterocycles. The second kappa shape index (κ2) is 4.10. The molecule has 0 N–H and O–H groups in total. The molecule has 0 atom stereocenters. The first-order valence-corrected chi connectivity index (χ1v) is 5.18. The van der Waals surface area contributed by atoms with Gasteiger partial charge in [0.25, 0.3) is 0 Å². The zero-order valence-electron chi connectivity index (χ0n) is 4.43. The minimum Gasteiger partial charge on any atom is -0.810 e. The molecule has 0 rings (SSSR count). The molecule has 0 amide bonds. The van der Waals surface area contributed by atoms with E-state index in [1.807, 2.05) is 0 Å². The SMILES string of the molecule is O=P([O-])([O-])CP(=O)([O-])[O-].[99Tc+4]. The molecule has 0 spiro atoms. The number of rotatable bonds is 2. The van der Waals surface area contributed by atoms with E-state index in [4.69, 9.17) is 0 Å². The molecule has 0 aliphatic carbocycles. The molecule has 59 valence electrons. The molecule has 1 radical (unpaired) electrons. The largest absolute Gasteiger partial charge is 4.00 e. The van der Waals surface area contributed by atoms with Crippen LogP contribution in [0.5, 0.6) is 0 Å². The summed E-state index contributed by atoms with van der Waals surface area (Å²) in [7, 11) is -10.4. The topological polar surface area (TPSA) is 126 Å². The van der Waals surface area contributed by atoms with Crippen LogP contribution in [0.25, 0.3) is 0 Å². The van der Waals surface area contributed by atoms with Crippen LogP contribution < -0.4 is 19.6 Å². The Hall–Kier alpha value is 0.949. The van der Waals surface area contributed by atoms with Gasteiger partial charge in [0.05, 0.1) is 0 Å². The van der Waals surface area contributed by atoms with Crippen LogP contribution in [-0.2, 0) is 29.2 Å². The molecule has 9 heteroatoms. The monoisotopic (exact) mass is 271 g/mol.